The maximum atomic E-state index is 13.4. The van der Waals surface area contributed by atoms with E-state index in [1.54, 1.807) is 18.2 Å². The van der Waals surface area contributed by atoms with Crippen LogP contribution in [0, 0.1) is 0 Å². The molecule has 0 aliphatic carbocycles. The van der Waals surface area contributed by atoms with Gasteiger partial charge in [-0.15, -0.1) is 11.3 Å². The first-order valence-electron chi connectivity index (χ1n) is 11.4. The minimum Gasteiger partial charge on any atom is -0.483 e. The van der Waals surface area contributed by atoms with Gasteiger partial charge in [-0.1, -0.05) is 66.7 Å². The van der Waals surface area contributed by atoms with Crippen LogP contribution in [-0.4, -0.2) is 36.8 Å². The molecule has 0 unspecified atom stereocenters. The van der Waals surface area contributed by atoms with Crippen LogP contribution in [0.2, 0.25) is 0 Å². The molecule has 36 heavy (non-hydrogen) atoms. The van der Waals surface area contributed by atoms with Gasteiger partial charge in [0, 0.05) is 11.5 Å². The monoisotopic (exact) mass is 521 g/mol. The highest BCUT2D eigenvalue weighted by Crippen LogP contribution is 2.45. The number of ether oxygens (including phenoxy) is 2. The third-order valence-corrected chi connectivity index (χ3v) is 9.19. The summed E-state index contributed by atoms with van der Waals surface area (Å²) in [6.07, 6.45) is 0.418. The number of carbonyl (C=O) groups is 1. The standard InChI is InChI=1S/C27H23NO6S2/c29-24(30)17-33-22-13-7-12-21-25-23(16-34-26(21)22)35-27(28-25)36(31,32)15-14-20(18-8-3-1-4-9-18)19-10-5-2-6-11-19/h1-13,20H,14-17H2,(H,29,30). The lowest BCUT2D eigenvalue weighted by molar-refractivity contribution is -0.139. The Morgan fingerprint density at radius 1 is 1.00 bits per heavy atom. The van der Waals surface area contributed by atoms with E-state index >= 15 is 0 Å². The van der Waals surface area contributed by atoms with Crippen molar-refractivity contribution in [1.29, 1.82) is 0 Å². The summed E-state index contributed by atoms with van der Waals surface area (Å²) in [6, 6.07) is 24.9. The first kappa shape index (κ1) is 24.0. The molecule has 0 spiro atoms. The number of thiazole rings is 1. The second kappa shape index (κ2) is 10.1. The highest BCUT2D eigenvalue weighted by atomic mass is 32.2. The Bertz CT molecular complexity index is 1440. The van der Waals surface area contributed by atoms with Gasteiger partial charge in [0.25, 0.3) is 0 Å². The molecule has 5 rings (SSSR count). The van der Waals surface area contributed by atoms with E-state index in [1.807, 2.05) is 60.7 Å². The Morgan fingerprint density at radius 2 is 1.67 bits per heavy atom. The summed E-state index contributed by atoms with van der Waals surface area (Å²) in [6.45, 7) is -0.368. The predicted molar refractivity (Wildman–Crippen MR) is 136 cm³/mol. The van der Waals surface area contributed by atoms with Crippen molar-refractivity contribution in [2.45, 2.75) is 23.3 Å². The van der Waals surface area contributed by atoms with Gasteiger partial charge >= 0.3 is 5.97 Å². The minimum absolute atomic E-state index is 0.0523. The average Bonchev–Trinajstić information content (AvgIpc) is 3.35. The van der Waals surface area contributed by atoms with Gasteiger partial charge in [-0.05, 0) is 29.7 Å². The first-order valence-corrected chi connectivity index (χ1v) is 13.8. The van der Waals surface area contributed by atoms with Crippen molar-refractivity contribution in [3.05, 3.63) is 94.9 Å². The number of sulfone groups is 1. The summed E-state index contributed by atoms with van der Waals surface area (Å²) in [5.74, 6) is -0.561. The van der Waals surface area contributed by atoms with E-state index in [-0.39, 0.29) is 28.4 Å². The Kier molecular flexibility index (Phi) is 6.75. The van der Waals surface area contributed by atoms with Gasteiger partial charge in [0.15, 0.2) is 18.1 Å². The second-order valence-electron chi connectivity index (χ2n) is 8.34. The Morgan fingerprint density at radius 3 is 2.31 bits per heavy atom. The number of aromatic nitrogens is 1. The topological polar surface area (TPSA) is 103 Å². The van der Waals surface area contributed by atoms with Crippen molar-refractivity contribution < 1.29 is 27.8 Å². The van der Waals surface area contributed by atoms with Crippen molar-refractivity contribution in [2.75, 3.05) is 12.4 Å². The van der Waals surface area contributed by atoms with Crippen LogP contribution in [0.5, 0.6) is 11.5 Å². The summed E-state index contributed by atoms with van der Waals surface area (Å²) in [7, 11) is -3.66. The smallest absolute Gasteiger partial charge is 0.341 e. The van der Waals surface area contributed by atoms with Gasteiger partial charge in [0.05, 0.1) is 16.3 Å². The van der Waals surface area contributed by atoms with Crippen LogP contribution in [0.1, 0.15) is 28.3 Å². The third-order valence-electron chi connectivity index (χ3n) is 5.96. The molecule has 0 fully saturated rings. The molecule has 0 saturated carbocycles. The number of para-hydroxylation sites is 1. The van der Waals surface area contributed by atoms with E-state index in [0.29, 0.717) is 28.3 Å². The van der Waals surface area contributed by atoms with Crippen LogP contribution in [0.3, 0.4) is 0 Å². The lowest BCUT2D eigenvalue weighted by Gasteiger charge is -2.19. The molecule has 1 aromatic heterocycles. The summed E-state index contributed by atoms with van der Waals surface area (Å²) < 4.78 is 38.0. The molecule has 184 valence electrons. The van der Waals surface area contributed by atoms with Crippen LogP contribution in [0.25, 0.3) is 11.3 Å². The molecule has 1 aliphatic rings. The van der Waals surface area contributed by atoms with Gasteiger partial charge in [-0.2, -0.15) is 0 Å². The molecule has 0 atom stereocenters. The van der Waals surface area contributed by atoms with Gasteiger partial charge in [-0.25, -0.2) is 18.2 Å². The molecule has 4 aromatic rings. The van der Waals surface area contributed by atoms with Gasteiger partial charge in [0.2, 0.25) is 14.2 Å². The van der Waals surface area contributed by atoms with Crippen LogP contribution < -0.4 is 9.47 Å². The second-order valence-corrected chi connectivity index (χ2v) is 11.7. The fourth-order valence-corrected chi connectivity index (χ4v) is 7.00. The zero-order valence-electron chi connectivity index (χ0n) is 19.2. The number of carboxylic acid groups (broad SMARTS) is 1. The molecule has 0 amide bonds. The van der Waals surface area contributed by atoms with Gasteiger partial charge in [0.1, 0.15) is 6.61 Å². The quantitative estimate of drug-likeness (QED) is 0.324. The molecule has 7 nitrogen and oxygen atoms in total. The number of aliphatic carboxylic acids is 1. The van der Waals surface area contributed by atoms with E-state index in [9.17, 15) is 13.2 Å². The number of hydrogen-bond acceptors (Lipinski definition) is 7. The van der Waals surface area contributed by atoms with Crippen molar-refractivity contribution in [1.82, 2.24) is 4.98 Å². The highest BCUT2D eigenvalue weighted by Gasteiger charge is 2.30. The van der Waals surface area contributed by atoms with Crippen molar-refractivity contribution in [3.8, 4) is 22.8 Å². The van der Waals surface area contributed by atoms with Crippen molar-refractivity contribution in [3.63, 3.8) is 0 Å². The number of nitrogens with zero attached hydrogens (tertiary/aromatic N) is 1. The van der Waals surface area contributed by atoms with Crippen molar-refractivity contribution in [2.24, 2.45) is 0 Å². The van der Waals surface area contributed by atoms with Crippen LogP contribution >= 0.6 is 11.3 Å². The molecule has 3 aromatic carbocycles. The van der Waals surface area contributed by atoms with E-state index in [4.69, 9.17) is 14.6 Å². The zero-order chi connectivity index (χ0) is 25.1. The molecule has 9 heteroatoms. The van der Waals surface area contributed by atoms with Gasteiger partial charge < -0.3 is 14.6 Å². The van der Waals surface area contributed by atoms with Gasteiger partial charge in [-0.3, -0.25) is 0 Å². The molecule has 0 radical (unpaired) electrons. The summed E-state index contributed by atoms with van der Waals surface area (Å²) in [5, 5.41) is 8.92. The first-order chi connectivity index (χ1) is 17.4. The molecule has 0 bridgehead atoms. The predicted octanol–water partition coefficient (Wildman–Crippen LogP) is 5.16. The lowest BCUT2D eigenvalue weighted by atomic mass is 9.89. The number of carboxylic acids is 1. The summed E-state index contributed by atoms with van der Waals surface area (Å²) in [5.41, 5.74) is 3.24. The Balaban J connectivity index is 1.41. The van der Waals surface area contributed by atoms with E-state index in [2.05, 4.69) is 4.98 Å². The summed E-state index contributed by atoms with van der Waals surface area (Å²) >= 11 is 1.11. The van der Waals surface area contributed by atoms with Crippen LogP contribution in [0.15, 0.2) is 83.2 Å². The fraction of sp³-hybridized carbons (Fsp3) is 0.185. The number of benzene rings is 3. The molecule has 1 N–H and O–H groups in total. The molecule has 0 saturated heterocycles. The normalized spacial score (nSPS) is 12.5. The maximum absolute atomic E-state index is 13.4. The fourth-order valence-electron chi connectivity index (χ4n) is 4.27. The van der Waals surface area contributed by atoms with E-state index in [1.165, 1.54) is 0 Å². The van der Waals surface area contributed by atoms with Crippen LogP contribution in [-0.2, 0) is 21.2 Å². The van der Waals surface area contributed by atoms with Crippen LogP contribution in [0.4, 0.5) is 0 Å². The highest BCUT2D eigenvalue weighted by molar-refractivity contribution is 7.93. The average molecular weight is 522 g/mol. The molecule has 2 heterocycles. The minimum atomic E-state index is -3.66. The molecule has 1 aliphatic heterocycles. The molecular formula is C27H23NO6S2. The van der Waals surface area contributed by atoms with E-state index < -0.39 is 22.4 Å². The number of rotatable bonds is 9. The largest absolute Gasteiger partial charge is 0.483 e. The third kappa shape index (κ3) is 4.98. The Labute approximate surface area is 212 Å². The number of fused-ring (bicyclic) bond motifs is 3. The Hall–Kier alpha value is -3.69. The molecular weight excluding hydrogens is 498 g/mol. The summed E-state index contributed by atoms with van der Waals surface area (Å²) in [4.78, 5) is 16.1. The lowest BCUT2D eigenvalue weighted by Crippen LogP contribution is -2.12. The zero-order valence-corrected chi connectivity index (χ0v) is 20.8. The maximum Gasteiger partial charge on any atom is 0.341 e. The SMILES string of the molecule is O=C(O)COc1cccc2c1OCc1sc(S(=O)(=O)CCC(c3ccccc3)c3ccccc3)nc1-2. The van der Waals surface area contributed by atoms with E-state index in [0.717, 1.165) is 22.5 Å². The number of hydrogen-bond donors (Lipinski definition) is 1. The van der Waals surface area contributed by atoms with Crippen molar-refractivity contribution >= 4 is 27.1 Å².